The maximum absolute atomic E-state index is 11.5. The molecule has 5 nitrogen and oxygen atoms in total. The molecule has 0 aliphatic rings. The Kier molecular flexibility index (Phi) is 4.22. The Hall–Kier alpha value is -1.27. The van der Waals surface area contributed by atoms with Crippen molar-refractivity contribution in [3.05, 3.63) is 28.4 Å². The van der Waals surface area contributed by atoms with Crippen LogP contribution in [0.1, 0.15) is 12.5 Å². The van der Waals surface area contributed by atoms with Crippen molar-refractivity contribution in [3.63, 3.8) is 0 Å². The zero-order valence-electron chi connectivity index (χ0n) is 9.75. The van der Waals surface area contributed by atoms with E-state index in [4.69, 9.17) is 0 Å². The van der Waals surface area contributed by atoms with Gasteiger partial charge in [-0.3, -0.25) is 4.79 Å². The van der Waals surface area contributed by atoms with Gasteiger partial charge in [-0.15, -0.1) is 0 Å². The minimum atomic E-state index is -0.122. The second kappa shape index (κ2) is 5.88. The Morgan fingerprint density at radius 1 is 1.47 bits per heavy atom. The SMILES string of the molecule is CCSCCNCc1c[nH]c2c(=O)[nH]cnc12. The Morgan fingerprint density at radius 3 is 3.18 bits per heavy atom. The minimum absolute atomic E-state index is 0.122. The number of hydrogen-bond acceptors (Lipinski definition) is 4. The van der Waals surface area contributed by atoms with E-state index in [2.05, 4.69) is 27.2 Å². The summed E-state index contributed by atoms with van der Waals surface area (Å²) in [6.45, 7) is 3.86. The molecule has 17 heavy (non-hydrogen) atoms. The second-order valence-corrected chi connectivity index (χ2v) is 5.04. The number of H-pyrrole nitrogens is 2. The van der Waals surface area contributed by atoms with Crippen LogP contribution in [0.3, 0.4) is 0 Å². The molecule has 0 atom stereocenters. The summed E-state index contributed by atoms with van der Waals surface area (Å²) in [5.74, 6) is 2.25. The highest BCUT2D eigenvalue weighted by molar-refractivity contribution is 7.99. The third kappa shape index (κ3) is 2.89. The van der Waals surface area contributed by atoms with Gasteiger partial charge in [0, 0.05) is 30.6 Å². The van der Waals surface area contributed by atoms with Crippen LogP contribution >= 0.6 is 11.8 Å². The van der Waals surface area contributed by atoms with Gasteiger partial charge in [0.1, 0.15) is 5.52 Å². The van der Waals surface area contributed by atoms with Crippen LogP contribution in [0.15, 0.2) is 17.3 Å². The normalized spacial score (nSPS) is 11.1. The molecule has 0 spiro atoms. The van der Waals surface area contributed by atoms with E-state index < -0.39 is 0 Å². The fourth-order valence-electron chi connectivity index (χ4n) is 1.65. The van der Waals surface area contributed by atoms with Gasteiger partial charge in [-0.1, -0.05) is 6.92 Å². The molecule has 0 aliphatic carbocycles. The summed E-state index contributed by atoms with van der Waals surface area (Å²) in [5, 5.41) is 3.34. The average Bonchev–Trinajstić information content (AvgIpc) is 2.74. The lowest BCUT2D eigenvalue weighted by Crippen LogP contribution is -2.16. The molecule has 2 rings (SSSR count). The van der Waals surface area contributed by atoms with E-state index >= 15 is 0 Å². The molecule has 3 N–H and O–H groups in total. The van der Waals surface area contributed by atoms with Crippen LogP contribution in [0.25, 0.3) is 11.0 Å². The van der Waals surface area contributed by atoms with E-state index in [9.17, 15) is 4.79 Å². The Balaban J connectivity index is 2.00. The van der Waals surface area contributed by atoms with Crippen LogP contribution in [0.5, 0.6) is 0 Å². The zero-order valence-corrected chi connectivity index (χ0v) is 10.6. The van der Waals surface area contributed by atoms with Crippen molar-refractivity contribution in [3.8, 4) is 0 Å². The van der Waals surface area contributed by atoms with Crippen molar-refractivity contribution in [2.24, 2.45) is 0 Å². The molecule has 2 heterocycles. The first-order valence-electron chi connectivity index (χ1n) is 5.65. The Labute approximate surface area is 103 Å². The lowest BCUT2D eigenvalue weighted by atomic mass is 10.3. The first-order chi connectivity index (χ1) is 8.33. The topological polar surface area (TPSA) is 73.6 Å². The van der Waals surface area contributed by atoms with Crippen LogP contribution in [0.2, 0.25) is 0 Å². The van der Waals surface area contributed by atoms with Crippen LogP contribution in [0, 0.1) is 0 Å². The van der Waals surface area contributed by atoms with Gasteiger partial charge in [0.2, 0.25) is 0 Å². The summed E-state index contributed by atoms with van der Waals surface area (Å²) in [5.41, 5.74) is 2.21. The number of thioether (sulfide) groups is 1. The molecule has 92 valence electrons. The van der Waals surface area contributed by atoms with Gasteiger partial charge in [0.15, 0.2) is 0 Å². The molecule has 0 unspecified atom stereocenters. The van der Waals surface area contributed by atoms with E-state index in [1.54, 1.807) is 0 Å². The molecule has 0 fully saturated rings. The summed E-state index contributed by atoms with van der Waals surface area (Å²) in [4.78, 5) is 21.1. The average molecular weight is 252 g/mol. The van der Waals surface area contributed by atoms with Gasteiger partial charge < -0.3 is 15.3 Å². The first kappa shape index (κ1) is 12.2. The quantitative estimate of drug-likeness (QED) is 0.673. The number of aromatic amines is 2. The minimum Gasteiger partial charge on any atom is -0.355 e. The fraction of sp³-hybridized carbons (Fsp3) is 0.455. The number of nitrogens with one attached hydrogen (secondary N) is 3. The van der Waals surface area contributed by atoms with E-state index in [1.165, 1.54) is 6.33 Å². The largest absolute Gasteiger partial charge is 0.355 e. The van der Waals surface area contributed by atoms with E-state index in [1.807, 2.05) is 18.0 Å². The molecule has 2 aromatic rings. The van der Waals surface area contributed by atoms with Gasteiger partial charge in [-0.2, -0.15) is 11.8 Å². The maximum Gasteiger partial charge on any atom is 0.275 e. The Morgan fingerprint density at radius 2 is 2.35 bits per heavy atom. The second-order valence-electron chi connectivity index (χ2n) is 3.64. The molecule has 2 aromatic heterocycles. The number of fused-ring (bicyclic) bond motifs is 1. The van der Waals surface area contributed by atoms with Crippen LogP contribution in [-0.2, 0) is 6.54 Å². The van der Waals surface area contributed by atoms with Gasteiger partial charge in [0.25, 0.3) is 5.56 Å². The zero-order chi connectivity index (χ0) is 12.1. The first-order valence-corrected chi connectivity index (χ1v) is 6.80. The molecular formula is C11H16N4OS. The number of aromatic nitrogens is 3. The van der Waals surface area contributed by atoms with Gasteiger partial charge in [-0.25, -0.2) is 4.98 Å². The Bertz CT molecular complexity index is 533. The lowest BCUT2D eigenvalue weighted by Gasteiger charge is -2.02. The van der Waals surface area contributed by atoms with Gasteiger partial charge in [-0.05, 0) is 5.75 Å². The fourth-order valence-corrected chi connectivity index (χ4v) is 2.23. The molecule has 0 saturated heterocycles. The molecule has 0 radical (unpaired) electrons. The highest BCUT2D eigenvalue weighted by Crippen LogP contribution is 2.10. The summed E-state index contributed by atoms with van der Waals surface area (Å²) >= 11 is 1.91. The predicted molar refractivity (Wildman–Crippen MR) is 71.4 cm³/mol. The lowest BCUT2D eigenvalue weighted by molar-refractivity contribution is 0.734. The number of hydrogen-bond donors (Lipinski definition) is 3. The van der Waals surface area contributed by atoms with E-state index in [0.717, 1.165) is 35.7 Å². The van der Waals surface area contributed by atoms with Crippen molar-refractivity contribution >= 4 is 22.8 Å². The predicted octanol–water partition coefficient (Wildman–Crippen LogP) is 1.09. The standard InChI is InChI=1S/C11H16N4OS/c1-2-17-4-3-12-5-8-6-13-10-9(8)14-7-15-11(10)16/h6-7,12-13H,2-5H2,1H3,(H,14,15,16). The highest BCUT2D eigenvalue weighted by atomic mass is 32.2. The molecule has 0 aromatic carbocycles. The van der Waals surface area contributed by atoms with Gasteiger partial charge >= 0.3 is 0 Å². The molecule has 0 bridgehead atoms. The number of nitrogens with zero attached hydrogens (tertiary/aromatic N) is 1. The third-order valence-corrected chi connectivity index (χ3v) is 3.39. The third-order valence-electron chi connectivity index (χ3n) is 2.49. The molecule has 0 amide bonds. The molecule has 0 saturated carbocycles. The molecule has 0 aliphatic heterocycles. The smallest absolute Gasteiger partial charge is 0.275 e. The van der Waals surface area contributed by atoms with Crippen LogP contribution in [-0.4, -0.2) is 33.0 Å². The highest BCUT2D eigenvalue weighted by Gasteiger charge is 2.06. The van der Waals surface area contributed by atoms with Crippen molar-refractivity contribution in [2.45, 2.75) is 13.5 Å². The van der Waals surface area contributed by atoms with Crippen molar-refractivity contribution in [1.82, 2.24) is 20.3 Å². The molecular weight excluding hydrogens is 236 g/mol. The van der Waals surface area contributed by atoms with Crippen molar-refractivity contribution in [2.75, 3.05) is 18.1 Å². The summed E-state index contributed by atoms with van der Waals surface area (Å²) in [6, 6.07) is 0. The summed E-state index contributed by atoms with van der Waals surface area (Å²) < 4.78 is 0. The van der Waals surface area contributed by atoms with Gasteiger partial charge in [0.05, 0.1) is 11.8 Å². The summed E-state index contributed by atoms with van der Waals surface area (Å²) in [6.07, 6.45) is 3.28. The van der Waals surface area contributed by atoms with E-state index in [-0.39, 0.29) is 5.56 Å². The monoisotopic (exact) mass is 252 g/mol. The number of rotatable bonds is 6. The molecule has 6 heteroatoms. The van der Waals surface area contributed by atoms with Crippen LogP contribution < -0.4 is 10.9 Å². The van der Waals surface area contributed by atoms with E-state index in [0.29, 0.717) is 5.52 Å². The van der Waals surface area contributed by atoms with Crippen LogP contribution in [0.4, 0.5) is 0 Å². The van der Waals surface area contributed by atoms with Crippen molar-refractivity contribution < 1.29 is 0 Å². The summed E-state index contributed by atoms with van der Waals surface area (Å²) in [7, 11) is 0. The van der Waals surface area contributed by atoms with Crippen molar-refractivity contribution in [1.29, 1.82) is 0 Å². The maximum atomic E-state index is 11.5.